The molecule has 0 aliphatic heterocycles. The number of allylic oxidation sites excluding steroid dienone is 18. The molecule has 1 atom stereocenters. The molecule has 56 heavy (non-hydrogen) atoms. The molecule has 5 heteroatoms. The number of esters is 2. The summed E-state index contributed by atoms with van der Waals surface area (Å²) in [4.78, 5) is 24.3. The highest BCUT2D eigenvalue weighted by Crippen LogP contribution is 2.14. The van der Waals surface area contributed by atoms with E-state index in [1.165, 1.54) is 70.6 Å². The fourth-order valence-corrected chi connectivity index (χ4v) is 5.77. The second kappa shape index (κ2) is 45.9. The number of carbonyl (C=O) groups excluding carboxylic acids is 2. The lowest BCUT2D eigenvalue weighted by molar-refractivity contribution is -0.161. The maximum Gasteiger partial charge on any atom is 0.306 e. The second-order valence-electron chi connectivity index (χ2n) is 14.4. The zero-order valence-electron chi connectivity index (χ0n) is 35.8. The molecular formula is C51H82O5. The Hall–Kier alpha value is -3.44. The molecule has 0 rings (SSSR count). The third-order valence-corrected chi connectivity index (χ3v) is 9.08. The first-order valence-electron chi connectivity index (χ1n) is 22.4. The molecule has 1 N–H and O–H groups in total. The first-order valence-corrected chi connectivity index (χ1v) is 22.4. The summed E-state index contributed by atoms with van der Waals surface area (Å²) in [5.41, 5.74) is 0. The third kappa shape index (κ3) is 43.3. The van der Waals surface area contributed by atoms with Gasteiger partial charge >= 0.3 is 11.9 Å². The van der Waals surface area contributed by atoms with Gasteiger partial charge in [0.15, 0.2) is 6.10 Å². The van der Waals surface area contributed by atoms with E-state index in [9.17, 15) is 14.7 Å². The van der Waals surface area contributed by atoms with Crippen molar-refractivity contribution in [1.82, 2.24) is 0 Å². The van der Waals surface area contributed by atoms with Crippen molar-refractivity contribution in [2.45, 2.75) is 187 Å². The predicted octanol–water partition coefficient (Wildman–Crippen LogP) is 14.6. The summed E-state index contributed by atoms with van der Waals surface area (Å²) in [6.07, 6.45) is 66.1. The Kier molecular flexibility index (Phi) is 43.1. The monoisotopic (exact) mass is 775 g/mol. The SMILES string of the molecule is CC/C=C\C/C=C\C/C=C\C/C=C\C/C=C\CCCCCCCCCCCCCCCC(=O)OC(CO)COC(=O)CC/C=C\C/C=C\C/C=C\C/C=C\CC. The van der Waals surface area contributed by atoms with Crippen molar-refractivity contribution in [3.63, 3.8) is 0 Å². The predicted molar refractivity (Wildman–Crippen MR) is 242 cm³/mol. The quantitative estimate of drug-likeness (QED) is 0.0382. The topological polar surface area (TPSA) is 72.8 Å². The summed E-state index contributed by atoms with van der Waals surface area (Å²) in [5.74, 6) is -0.695. The lowest BCUT2D eigenvalue weighted by atomic mass is 10.0. The zero-order chi connectivity index (χ0) is 40.7. The Morgan fingerprint density at radius 1 is 0.411 bits per heavy atom. The number of hydrogen-bond acceptors (Lipinski definition) is 5. The highest BCUT2D eigenvalue weighted by atomic mass is 16.6. The van der Waals surface area contributed by atoms with Gasteiger partial charge in [-0.1, -0.05) is 194 Å². The van der Waals surface area contributed by atoms with E-state index in [1.54, 1.807) is 0 Å². The summed E-state index contributed by atoms with van der Waals surface area (Å²) in [7, 11) is 0. The van der Waals surface area contributed by atoms with Crippen LogP contribution in [0.5, 0.6) is 0 Å². The van der Waals surface area contributed by atoms with E-state index in [4.69, 9.17) is 9.47 Å². The van der Waals surface area contributed by atoms with Crippen LogP contribution in [-0.4, -0.2) is 36.4 Å². The molecule has 0 radical (unpaired) electrons. The standard InChI is InChI=1S/C51H82O5/c1-3-5-7-9-11-13-15-17-18-19-20-21-22-23-24-25-26-27-28-29-30-31-32-34-36-38-40-42-44-46-51(54)56-49(47-52)48-55-50(53)45-43-41-39-37-35-33-16-14-12-10-8-6-4-2/h5-8,11-14,17-18,20-21,23-24,33,35,39,41,49,52H,3-4,9-10,15-16,19,22,25-32,34,36-38,40,42-48H2,1-2H3/b7-5-,8-6-,13-11-,14-12-,18-17-,21-20-,24-23-,35-33-,41-39-. The van der Waals surface area contributed by atoms with Crippen LogP contribution in [0.4, 0.5) is 0 Å². The van der Waals surface area contributed by atoms with Gasteiger partial charge in [0, 0.05) is 12.8 Å². The van der Waals surface area contributed by atoms with Gasteiger partial charge in [-0.05, 0) is 83.5 Å². The molecule has 0 aliphatic carbocycles. The van der Waals surface area contributed by atoms with E-state index in [1.807, 2.05) is 12.2 Å². The van der Waals surface area contributed by atoms with Crippen LogP contribution in [0.1, 0.15) is 181 Å². The van der Waals surface area contributed by atoms with Gasteiger partial charge in [-0.15, -0.1) is 0 Å². The summed E-state index contributed by atoms with van der Waals surface area (Å²) in [5, 5.41) is 9.57. The molecule has 0 fully saturated rings. The first kappa shape index (κ1) is 52.6. The summed E-state index contributed by atoms with van der Waals surface area (Å²) in [6.45, 7) is 3.83. The minimum atomic E-state index is -0.807. The highest BCUT2D eigenvalue weighted by Gasteiger charge is 2.15. The van der Waals surface area contributed by atoms with Gasteiger partial charge in [0.25, 0.3) is 0 Å². The largest absolute Gasteiger partial charge is 0.462 e. The highest BCUT2D eigenvalue weighted by molar-refractivity contribution is 5.70. The molecule has 0 saturated heterocycles. The van der Waals surface area contributed by atoms with Crippen LogP contribution in [0.3, 0.4) is 0 Å². The maximum atomic E-state index is 12.2. The molecule has 0 aromatic rings. The molecule has 1 unspecified atom stereocenters. The van der Waals surface area contributed by atoms with E-state index in [-0.39, 0.29) is 31.6 Å². The van der Waals surface area contributed by atoms with Gasteiger partial charge in [0.2, 0.25) is 0 Å². The van der Waals surface area contributed by atoms with Crippen molar-refractivity contribution in [2.75, 3.05) is 13.2 Å². The Morgan fingerprint density at radius 3 is 1.14 bits per heavy atom. The fraction of sp³-hybridized carbons (Fsp3) is 0.608. The average Bonchev–Trinajstić information content (AvgIpc) is 3.20. The van der Waals surface area contributed by atoms with Crippen LogP contribution in [0.2, 0.25) is 0 Å². The molecule has 0 bridgehead atoms. The van der Waals surface area contributed by atoms with Gasteiger partial charge in [-0.2, -0.15) is 0 Å². The number of unbranched alkanes of at least 4 members (excludes halogenated alkanes) is 13. The zero-order valence-corrected chi connectivity index (χ0v) is 35.8. The molecule has 0 amide bonds. The van der Waals surface area contributed by atoms with Gasteiger partial charge in [-0.3, -0.25) is 9.59 Å². The number of hydrogen-bond donors (Lipinski definition) is 1. The average molecular weight is 775 g/mol. The molecule has 0 aromatic carbocycles. The molecular weight excluding hydrogens is 693 g/mol. The van der Waals surface area contributed by atoms with E-state index < -0.39 is 6.10 Å². The van der Waals surface area contributed by atoms with Crippen molar-refractivity contribution in [3.8, 4) is 0 Å². The molecule has 5 nitrogen and oxygen atoms in total. The molecule has 0 aromatic heterocycles. The van der Waals surface area contributed by atoms with Crippen molar-refractivity contribution in [3.05, 3.63) is 109 Å². The Morgan fingerprint density at radius 2 is 0.750 bits per heavy atom. The lowest BCUT2D eigenvalue weighted by Crippen LogP contribution is -2.28. The van der Waals surface area contributed by atoms with E-state index in [0.717, 1.165) is 77.0 Å². The summed E-state index contributed by atoms with van der Waals surface area (Å²) >= 11 is 0. The molecule has 316 valence electrons. The van der Waals surface area contributed by atoms with Gasteiger partial charge < -0.3 is 14.6 Å². The summed E-state index contributed by atoms with van der Waals surface area (Å²) in [6, 6.07) is 0. The summed E-state index contributed by atoms with van der Waals surface area (Å²) < 4.78 is 10.6. The van der Waals surface area contributed by atoms with Crippen molar-refractivity contribution in [2.24, 2.45) is 0 Å². The lowest BCUT2D eigenvalue weighted by Gasteiger charge is -2.15. The number of ether oxygens (including phenoxy) is 2. The van der Waals surface area contributed by atoms with Crippen LogP contribution in [0.25, 0.3) is 0 Å². The van der Waals surface area contributed by atoms with Crippen LogP contribution in [-0.2, 0) is 19.1 Å². The normalized spacial score (nSPS) is 13.3. The molecule has 0 saturated carbocycles. The van der Waals surface area contributed by atoms with Crippen LogP contribution < -0.4 is 0 Å². The van der Waals surface area contributed by atoms with E-state index in [0.29, 0.717) is 12.8 Å². The molecule has 0 spiro atoms. The molecule has 0 aliphatic rings. The van der Waals surface area contributed by atoms with Gasteiger partial charge in [-0.25, -0.2) is 0 Å². The number of carbonyl (C=O) groups is 2. The van der Waals surface area contributed by atoms with Crippen molar-refractivity contribution < 1.29 is 24.2 Å². The number of rotatable bonds is 39. The first-order chi connectivity index (χ1) is 27.6. The van der Waals surface area contributed by atoms with Crippen molar-refractivity contribution >= 4 is 11.9 Å². The Labute approximate surface area is 344 Å². The smallest absolute Gasteiger partial charge is 0.306 e. The van der Waals surface area contributed by atoms with Gasteiger partial charge in [0.1, 0.15) is 6.61 Å². The fourth-order valence-electron chi connectivity index (χ4n) is 5.77. The van der Waals surface area contributed by atoms with Crippen LogP contribution in [0.15, 0.2) is 109 Å². The molecule has 0 heterocycles. The van der Waals surface area contributed by atoms with Crippen LogP contribution in [0, 0.1) is 0 Å². The number of aliphatic hydroxyl groups excluding tert-OH is 1. The van der Waals surface area contributed by atoms with E-state index >= 15 is 0 Å². The minimum absolute atomic E-state index is 0.110. The number of aliphatic hydroxyl groups is 1. The Bertz CT molecular complexity index is 1150. The third-order valence-electron chi connectivity index (χ3n) is 9.08. The minimum Gasteiger partial charge on any atom is -0.462 e. The second-order valence-corrected chi connectivity index (χ2v) is 14.4. The van der Waals surface area contributed by atoms with Crippen molar-refractivity contribution in [1.29, 1.82) is 0 Å². The Balaban J connectivity index is 3.58. The van der Waals surface area contributed by atoms with E-state index in [2.05, 4.69) is 111 Å². The van der Waals surface area contributed by atoms with Crippen LogP contribution >= 0.6 is 0 Å². The maximum absolute atomic E-state index is 12.2. The van der Waals surface area contributed by atoms with Gasteiger partial charge in [0.05, 0.1) is 6.61 Å².